The zero-order valence-electron chi connectivity index (χ0n) is 12.9. The maximum atomic E-state index is 12.6. The molecule has 1 aliphatic heterocycles. The Morgan fingerprint density at radius 1 is 1.13 bits per heavy atom. The first-order valence-corrected chi connectivity index (χ1v) is 7.89. The zero-order chi connectivity index (χ0) is 16.1. The van der Waals surface area contributed by atoms with E-state index in [1.807, 2.05) is 11.0 Å². The van der Waals surface area contributed by atoms with Gasteiger partial charge >= 0.3 is 0 Å². The Hall–Kier alpha value is -2.62. The Balaban J connectivity index is 1.59. The number of anilines is 1. The topological polar surface area (TPSA) is 49.4 Å². The second kappa shape index (κ2) is 7.09. The van der Waals surface area contributed by atoms with Gasteiger partial charge in [0.25, 0.3) is 5.91 Å². The van der Waals surface area contributed by atoms with Crippen molar-refractivity contribution in [3.05, 3.63) is 65.7 Å². The summed E-state index contributed by atoms with van der Waals surface area (Å²) in [5.41, 5.74) is 2.69. The van der Waals surface area contributed by atoms with E-state index in [1.165, 1.54) is 5.56 Å². The van der Waals surface area contributed by atoms with Crippen LogP contribution in [0.3, 0.4) is 0 Å². The lowest BCUT2D eigenvalue weighted by atomic mass is 9.99. The van der Waals surface area contributed by atoms with E-state index in [9.17, 15) is 9.59 Å². The van der Waals surface area contributed by atoms with E-state index in [4.69, 9.17) is 0 Å². The highest BCUT2D eigenvalue weighted by Gasteiger charge is 2.26. The smallest absolute Gasteiger partial charge is 0.253 e. The van der Waals surface area contributed by atoms with Gasteiger partial charge in [-0.3, -0.25) is 9.59 Å². The number of hydrogen-bond acceptors (Lipinski definition) is 2. The van der Waals surface area contributed by atoms with Gasteiger partial charge in [0.2, 0.25) is 6.41 Å². The Morgan fingerprint density at radius 3 is 2.57 bits per heavy atom. The highest BCUT2D eigenvalue weighted by Crippen LogP contribution is 2.23. The summed E-state index contributed by atoms with van der Waals surface area (Å²) in [5, 5.41) is 2.57. The number of carbonyl (C=O) groups is 2. The Labute approximate surface area is 136 Å². The third-order valence-electron chi connectivity index (χ3n) is 4.30. The SMILES string of the molecule is O=CNc1ccc(C(=O)N2CCC(Cc3ccccc3)C2)cc1. The molecule has 4 heteroatoms. The Bertz CT molecular complexity index is 668. The van der Waals surface area contributed by atoms with E-state index in [0.29, 0.717) is 23.6 Å². The van der Waals surface area contributed by atoms with Crippen LogP contribution in [0.5, 0.6) is 0 Å². The lowest BCUT2D eigenvalue weighted by molar-refractivity contribution is -0.105. The number of nitrogens with one attached hydrogen (secondary N) is 1. The molecule has 1 heterocycles. The summed E-state index contributed by atoms with van der Waals surface area (Å²) < 4.78 is 0. The lowest BCUT2D eigenvalue weighted by Gasteiger charge is -2.17. The Morgan fingerprint density at radius 2 is 1.87 bits per heavy atom. The standard InChI is InChI=1S/C19H20N2O2/c22-14-20-18-8-6-17(7-9-18)19(23)21-11-10-16(13-21)12-15-4-2-1-3-5-15/h1-9,14,16H,10-13H2,(H,20,22). The van der Waals surface area contributed by atoms with Crippen molar-refractivity contribution in [3.8, 4) is 0 Å². The minimum absolute atomic E-state index is 0.0678. The molecule has 2 aromatic carbocycles. The second-order valence-corrected chi connectivity index (χ2v) is 5.94. The van der Waals surface area contributed by atoms with Crippen molar-refractivity contribution in [2.75, 3.05) is 18.4 Å². The van der Waals surface area contributed by atoms with Crippen LogP contribution in [0.4, 0.5) is 5.69 Å². The van der Waals surface area contributed by atoms with Crippen LogP contribution in [0, 0.1) is 5.92 Å². The average Bonchev–Trinajstić information content (AvgIpc) is 3.05. The van der Waals surface area contributed by atoms with Gasteiger partial charge in [0, 0.05) is 24.3 Å². The minimum Gasteiger partial charge on any atom is -0.338 e. The molecule has 1 saturated heterocycles. The summed E-state index contributed by atoms with van der Waals surface area (Å²) in [6, 6.07) is 17.4. The molecule has 118 valence electrons. The maximum absolute atomic E-state index is 12.6. The van der Waals surface area contributed by atoms with Crippen LogP contribution in [0.2, 0.25) is 0 Å². The third-order valence-corrected chi connectivity index (χ3v) is 4.30. The van der Waals surface area contributed by atoms with E-state index >= 15 is 0 Å². The van der Waals surface area contributed by atoms with Crippen molar-refractivity contribution in [2.24, 2.45) is 5.92 Å². The van der Waals surface area contributed by atoms with E-state index in [2.05, 4.69) is 29.6 Å². The highest BCUT2D eigenvalue weighted by atomic mass is 16.2. The zero-order valence-corrected chi connectivity index (χ0v) is 12.9. The minimum atomic E-state index is 0.0678. The first-order chi connectivity index (χ1) is 11.3. The first-order valence-electron chi connectivity index (χ1n) is 7.89. The normalized spacial score (nSPS) is 17.0. The molecule has 0 aromatic heterocycles. The summed E-state index contributed by atoms with van der Waals surface area (Å²) in [5.74, 6) is 0.593. The van der Waals surface area contributed by atoms with Crippen molar-refractivity contribution in [2.45, 2.75) is 12.8 Å². The molecule has 0 saturated carbocycles. The summed E-state index contributed by atoms with van der Waals surface area (Å²) >= 11 is 0. The number of benzene rings is 2. The predicted molar refractivity (Wildman–Crippen MR) is 90.3 cm³/mol. The molecular weight excluding hydrogens is 288 g/mol. The van der Waals surface area contributed by atoms with Crippen LogP contribution in [0.15, 0.2) is 54.6 Å². The fraction of sp³-hybridized carbons (Fsp3) is 0.263. The largest absolute Gasteiger partial charge is 0.338 e. The molecule has 2 aromatic rings. The number of amides is 2. The van der Waals surface area contributed by atoms with Gasteiger partial charge in [0.1, 0.15) is 0 Å². The Kier molecular flexibility index (Phi) is 4.71. The van der Waals surface area contributed by atoms with Crippen LogP contribution in [0.25, 0.3) is 0 Å². The second-order valence-electron chi connectivity index (χ2n) is 5.94. The number of nitrogens with zero attached hydrogens (tertiary/aromatic N) is 1. The van der Waals surface area contributed by atoms with Crippen LogP contribution < -0.4 is 5.32 Å². The van der Waals surface area contributed by atoms with Crippen LogP contribution in [0.1, 0.15) is 22.3 Å². The summed E-state index contributed by atoms with van der Waals surface area (Å²) in [4.78, 5) is 24.9. The van der Waals surface area contributed by atoms with Crippen LogP contribution in [-0.2, 0) is 11.2 Å². The fourth-order valence-electron chi connectivity index (χ4n) is 3.09. The third kappa shape index (κ3) is 3.77. The molecule has 1 fully saturated rings. The highest BCUT2D eigenvalue weighted by molar-refractivity contribution is 5.95. The molecule has 3 rings (SSSR count). The summed E-state index contributed by atoms with van der Waals surface area (Å²) in [6.45, 7) is 1.62. The molecule has 2 amide bonds. The number of carbonyl (C=O) groups excluding carboxylic acids is 2. The molecule has 1 aliphatic rings. The van der Waals surface area contributed by atoms with Gasteiger partial charge in [0.05, 0.1) is 0 Å². The number of likely N-dealkylation sites (tertiary alicyclic amines) is 1. The quantitative estimate of drug-likeness (QED) is 0.863. The van der Waals surface area contributed by atoms with E-state index in [1.54, 1.807) is 24.3 Å². The maximum Gasteiger partial charge on any atom is 0.253 e. The van der Waals surface area contributed by atoms with Gasteiger partial charge in [-0.1, -0.05) is 30.3 Å². The monoisotopic (exact) mass is 308 g/mol. The molecular formula is C19H20N2O2. The molecule has 0 bridgehead atoms. The first kappa shape index (κ1) is 15.3. The van der Waals surface area contributed by atoms with Gasteiger partial charge < -0.3 is 10.2 Å². The average molecular weight is 308 g/mol. The van der Waals surface area contributed by atoms with Crippen LogP contribution >= 0.6 is 0 Å². The summed E-state index contributed by atoms with van der Waals surface area (Å²) in [6.07, 6.45) is 2.70. The van der Waals surface area contributed by atoms with E-state index < -0.39 is 0 Å². The van der Waals surface area contributed by atoms with Gasteiger partial charge in [-0.15, -0.1) is 0 Å². The predicted octanol–water partition coefficient (Wildman–Crippen LogP) is 2.96. The fourth-order valence-corrected chi connectivity index (χ4v) is 3.09. The molecule has 0 radical (unpaired) electrons. The van der Waals surface area contributed by atoms with E-state index in [-0.39, 0.29) is 5.91 Å². The molecule has 0 aliphatic carbocycles. The molecule has 23 heavy (non-hydrogen) atoms. The van der Waals surface area contributed by atoms with Gasteiger partial charge in [-0.25, -0.2) is 0 Å². The van der Waals surface area contributed by atoms with Gasteiger partial charge in [-0.05, 0) is 48.6 Å². The van der Waals surface area contributed by atoms with Crippen LogP contribution in [-0.4, -0.2) is 30.3 Å². The molecule has 0 spiro atoms. The van der Waals surface area contributed by atoms with Crippen molar-refractivity contribution < 1.29 is 9.59 Å². The van der Waals surface area contributed by atoms with Gasteiger partial charge in [0.15, 0.2) is 0 Å². The summed E-state index contributed by atoms with van der Waals surface area (Å²) in [7, 11) is 0. The van der Waals surface area contributed by atoms with E-state index in [0.717, 1.165) is 25.9 Å². The van der Waals surface area contributed by atoms with Gasteiger partial charge in [-0.2, -0.15) is 0 Å². The molecule has 1 unspecified atom stereocenters. The van der Waals surface area contributed by atoms with Crippen molar-refractivity contribution in [1.82, 2.24) is 4.90 Å². The van der Waals surface area contributed by atoms with Crippen molar-refractivity contribution >= 4 is 18.0 Å². The number of hydrogen-bond donors (Lipinski definition) is 1. The molecule has 4 nitrogen and oxygen atoms in total. The molecule has 1 N–H and O–H groups in total. The van der Waals surface area contributed by atoms with Crippen molar-refractivity contribution in [1.29, 1.82) is 0 Å². The molecule has 1 atom stereocenters. The van der Waals surface area contributed by atoms with Crippen molar-refractivity contribution in [3.63, 3.8) is 0 Å². The number of rotatable bonds is 5. The lowest BCUT2D eigenvalue weighted by Crippen LogP contribution is -2.28.